The average molecular weight is 412 g/mol. The Hall–Kier alpha value is -2.20. The number of aromatic amines is 1. The molecular weight excluding hydrogens is 397 g/mol. The summed E-state index contributed by atoms with van der Waals surface area (Å²) >= 11 is 2.36. The Morgan fingerprint density at radius 3 is 2.63 bits per heavy atom. The molecule has 0 unspecified atom stereocenters. The second kappa shape index (κ2) is 6.16. The van der Waals surface area contributed by atoms with E-state index in [-0.39, 0.29) is 10.4 Å². The Labute approximate surface area is 159 Å². The zero-order valence-electron chi connectivity index (χ0n) is 14.6. The van der Waals surface area contributed by atoms with Crippen molar-refractivity contribution in [3.05, 3.63) is 27.7 Å². The van der Waals surface area contributed by atoms with E-state index in [9.17, 15) is 18.0 Å². The third kappa shape index (κ3) is 3.06. The van der Waals surface area contributed by atoms with E-state index in [0.717, 1.165) is 17.4 Å². The topological polar surface area (TPSA) is 70.7 Å². The number of fused-ring (bicyclic) bond motifs is 5. The van der Waals surface area contributed by atoms with Gasteiger partial charge in [0.1, 0.15) is 20.7 Å². The summed E-state index contributed by atoms with van der Waals surface area (Å²) in [6, 6.07) is 1.01. The number of thiophene rings is 1. The fourth-order valence-electron chi connectivity index (χ4n) is 2.88. The van der Waals surface area contributed by atoms with E-state index in [1.807, 2.05) is 0 Å². The number of thiazole rings is 1. The van der Waals surface area contributed by atoms with Gasteiger partial charge in [-0.15, -0.1) is 11.3 Å². The number of nitrogens with zero attached hydrogens (tertiary/aromatic N) is 2. The Morgan fingerprint density at radius 2 is 1.96 bits per heavy atom. The molecule has 0 aromatic carbocycles. The van der Waals surface area contributed by atoms with E-state index in [1.165, 1.54) is 11.3 Å². The molecule has 10 heteroatoms. The minimum atomic E-state index is -4.52. The number of aryl methyl sites for hydroxylation is 1. The number of hydrogen-bond acceptors (Lipinski definition) is 6. The largest absolute Gasteiger partial charge is 0.433 e. The molecule has 4 aromatic heterocycles. The van der Waals surface area contributed by atoms with E-state index in [2.05, 4.69) is 34.1 Å². The second-order valence-corrected chi connectivity index (χ2v) is 8.73. The van der Waals surface area contributed by atoms with Crippen LogP contribution in [-0.2, 0) is 6.18 Å². The Balaban J connectivity index is 2.00. The fraction of sp³-hybridized carbons (Fsp3) is 0.353. The van der Waals surface area contributed by atoms with E-state index >= 15 is 0 Å². The quantitative estimate of drug-likeness (QED) is 0.489. The molecule has 0 spiro atoms. The van der Waals surface area contributed by atoms with Gasteiger partial charge in [0.25, 0.3) is 5.56 Å². The molecule has 4 aromatic rings. The minimum absolute atomic E-state index is 0.241. The number of anilines is 1. The Kier molecular flexibility index (Phi) is 4.15. The Morgan fingerprint density at radius 1 is 1.22 bits per heavy atom. The van der Waals surface area contributed by atoms with Crippen LogP contribution in [0.4, 0.5) is 18.3 Å². The SMILES string of the molecule is Cc1cc(C(F)(F)F)nc2sc3c4nc(NCC(C)C)sc4c(=O)[nH]c3c12. The lowest BCUT2D eigenvalue weighted by molar-refractivity contribution is -0.141. The highest BCUT2D eigenvalue weighted by Crippen LogP contribution is 2.40. The lowest BCUT2D eigenvalue weighted by Gasteiger charge is -2.06. The predicted molar refractivity (Wildman–Crippen MR) is 104 cm³/mol. The first-order valence-corrected chi connectivity index (χ1v) is 9.86. The van der Waals surface area contributed by atoms with Crippen LogP contribution in [0.1, 0.15) is 25.1 Å². The van der Waals surface area contributed by atoms with Crippen LogP contribution in [0.3, 0.4) is 0 Å². The van der Waals surface area contributed by atoms with Crippen LogP contribution in [-0.4, -0.2) is 21.5 Å². The van der Waals surface area contributed by atoms with E-state index in [4.69, 9.17) is 0 Å². The summed E-state index contributed by atoms with van der Waals surface area (Å²) in [7, 11) is 0. The van der Waals surface area contributed by atoms with Gasteiger partial charge in [-0.2, -0.15) is 13.2 Å². The highest BCUT2D eigenvalue weighted by molar-refractivity contribution is 7.27. The molecule has 0 fully saturated rings. The van der Waals surface area contributed by atoms with Gasteiger partial charge in [0.15, 0.2) is 5.13 Å². The molecule has 2 N–H and O–H groups in total. The van der Waals surface area contributed by atoms with Gasteiger partial charge in [0, 0.05) is 11.9 Å². The average Bonchev–Trinajstić information content (AvgIpc) is 3.14. The van der Waals surface area contributed by atoms with Crippen LogP contribution in [0.5, 0.6) is 0 Å². The normalized spacial score (nSPS) is 12.7. The molecule has 5 nitrogen and oxygen atoms in total. The molecule has 142 valence electrons. The van der Waals surface area contributed by atoms with Gasteiger partial charge in [-0.1, -0.05) is 25.2 Å². The third-order valence-corrected chi connectivity index (χ3v) is 6.20. The summed E-state index contributed by atoms with van der Waals surface area (Å²) in [5.74, 6) is 0.410. The first kappa shape index (κ1) is 18.2. The van der Waals surface area contributed by atoms with Gasteiger partial charge in [0.2, 0.25) is 0 Å². The lowest BCUT2D eigenvalue weighted by Crippen LogP contribution is -2.08. The molecule has 0 amide bonds. The molecule has 0 bridgehead atoms. The van der Waals surface area contributed by atoms with Crippen LogP contribution in [0.25, 0.3) is 30.6 Å². The zero-order chi connectivity index (χ0) is 19.5. The molecule has 0 saturated heterocycles. The molecule has 0 aliphatic carbocycles. The van der Waals surface area contributed by atoms with Crippen molar-refractivity contribution in [3.8, 4) is 0 Å². The first-order chi connectivity index (χ1) is 12.6. The van der Waals surface area contributed by atoms with Crippen LogP contribution < -0.4 is 10.9 Å². The number of pyridine rings is 2. The molecular formula is C17H15F3N4OS2. The smallest absolute Gasteiger partial charge is 0.361 e. The molecule has 4 heterocycles. The first-order valence-electron chi connectivity index (χ1n) is 8.23. The monoisotopic (exact) mass is 412 g/mol. The van der Waals surface area contributed by atoms with Crippen LogP contribution in [0, 0.1) is 12.8 Å². The standard InChI is InChI=1S/C17H15F3N4OS2/c1-6(2)5-21-16-24-11-12-10(23-14(25)13(11)27-16)9-7(3)4-8(17(18,19)20)22-15(9)26-12/h4,6H,5H2,1-3H3,(H,21,24)(H,23,25). The maximum Gasteiger partial charge on any atom is 0.433 e. The number of hydrogen-bond donors (Lipinski definition) is 2. The van der Waals surface area contributed by atoms with Gasteiger partial charge in [-0.05, 0) is 24.5 Å². The van der Waals surface area contributed by atoms with Crippen LogP contribution in [0.2, 0.25) is 0 Å². The van der Waals surface area contributed by atoms with Crippen molar-refractivity contribution in [2.75, 3.05) is 11.9 Å². The Bertz CT molecular complexity index is 1240. The number of halogens is 3. The van der Waals surface area contributed by atoms with E-state index < -0.39 is 11.9 Å². The summed E-state index contributed by atoms with van der Waals surface area (Å²) in [4.78, 5) is 23.9. The number of alkyl halides is 3. The van der Waals surface area contributed by atoms with Gasteiger partial charge in [-0.3, -0.25) is 4.79 Å². The maximum atomic E-state index is 13.1. The van der Waals surface area contributed by atoms with Crippen molar-refractivity contribution in [2.24, 2.45) is 5.92 Å². The van der Waals surface area contributed by atoms with Crippen molar-refractivity contribution in [1.29, 1.82) is 0 Å². The summed E-state index contributed by atoms with van der Waals surface area (Å²) in [5, 5.41) is 4.35. The molecule has 0 saturated carbocycles. The summed E-state index contributed by atoms with van der Waals surface area (Å²) in [6.45, 7) is 6.42. The third-order valence-electron chi connectivity index (χ3n) is 4.10. The fourth-order valence-corrected chi connectivity index (χ4v) is 5.02. The van der Waals surface area contributed by atoms with Crippen molar-refractivity contribution in [1.82, 2.24) is 15.0 Å². The number of nitrogens with one attached hydrogen (secondary N) is 2. The van der Waals surface area contributed by atoms with Crippen molar-refractivity contribution >= 4 is 58.5 Å². The lowest BCUT2D eigenvalue weighted by atomic mass is 10.1. The van der Waals surface area contributed by atoms with Crippen molar-refractivity contribution in [2.45, 2.75) is 26.9 Å². The van der Waals surface area contributed by atoms with Crippen LogP contribution in [0.15, 0.2) is 10.9 Å². The second-order valence-electron chi connectivity index (χ2n) is 6.73. The van der Waals surface area contributed by atoms with Crippen molar-refractivity contribution in [3.63, 3.8) is 0 Å². The van der Waals surface area contributed by atoms with Gasteiger partial charge in [0.05, 0.1) is 10.2 Å². The van der Waals surface area contributed by atoms with Gasteiger partial charge in [-0.25, -0.2) is 9.97 Å². The molecule has 27 heavy (non-hydrogen) atoms. The number of rotatable bonds is 3. The molecule has 0 atom stereocenters. The highest BCUT2D eigenvalue weighted by atomic mass is 32.1. The molecule has 4 rings (SSSR count). The minimum Gasteiger partial charge on any atom is -0.361 e. The molecule has 0 radical (unpaired) electrons. The van der Waals surface area contributed by atoms with Crippen molar-refractivity contribution < 1.29 is 13.2 Å². The number of aromatic nitrogens is 3. The van der Waals surface area contributed by atoms with Gasteiger partial charge >= 0.3 is 6.18 Å². The summed E-state index contributed by atoms with van der Waals surface area (Å²) in [5.41, 5.74) is 0.177. The predicted octanol–water partition coefficient (Wildman–Crippen LogP) is 5.14. The summed E-state index contributed by atoms with van der Waals surface area (Å²) < 4.78 is 40.4. The number of H-pyrrole nitrogens is 1. The van der Waals surface area contributed by atoms with Gasteiger partial charge < -0.3 is 10.3 Å². The maximum absolute atomic E-state index is 13.1. The van der Waals surface area contributed by atoms with E-state index in [0.29, 0.717) is 49.0 Å². The molecule has 0 aliphatic rings. The van der Waals surface area contributed by atoms with E-state index in [1.54, 1.807) is 6.92 Å². The molecule has 0 aliphatic heterocycles. The summed E-state index contributed by atoms with van der Waals surface area (Å²) in [6.07, 6.45) is -4.52. The van der Waals surface area contributed by atoms with Crippen LogP contribution >= 0.6 is 22.7 Å². The zero-order valence-corrected chi connectivity index (χ0v) is 16.2. The highest BCUT2D eigenvalue weighted by Gasteiger charge is 2.33.